The third-order valence-electron chi connectivity index (χ3n) is 2.56. The van der Waals surface area contributed by atoms with Gasteiger partial charge in [-0.1, -0.05) is 45.9 Å². The monoisotopic (exact) mass is 240 g/mol. The summed E-state index contributed by atoms with van der Waals surface area (Å²) in [6.45, 7) is 8.22. The lowest BCUT2D eigenvalue weighted by molar-refractivity contribution is 0.542. The van der Waals surface area contributed by atoms with E-state index >= 15 is 0 Å². The molecule has 0 heterocycles. The Balaban J connectivity index is 3.28. The molecule has 0 bridgehead atoms. The van der Waals surface area contributed by atoms with Crippen molar-refractivity contribution in [3.8, 4) is 0 Å². The molecular formula is C12H18NO2S-. The highest BCUT2D eigenvalue weighted by Gasteiger charge is 2.13. The summed E-state index contributed by atoms with van der Waals surface area (Å²) >= 11 is -2.27. The van der Waals surface area contributed by atoms with Gasteiger partial charge in [0.05, 0.1) is 5.69 Å². The van der Waals surface area contributed by atoms with Gasteiger partial charge < -0.3 is 9.27 Å². The van der Waals surface area contributed by atoms with Crippen molar-refractivity contribution in [1.29, 1.82) is 0 Å². The fourth-order valence-corrected chi connectivity index (χ4v) is 2.15. The van der Waals surface area contributed by atoms with Crippen molar-refractivity contribution < 1.29 is 8.76 Å². The lowest BCUT2D eigenvalue weighted by atomic mass is 9.93. The number of para-hydroxylation sites is 1. The van der Waals surface area contributed by atoms with Gasteiger partial charge in [0.2, 0.25) is 0 Å². The number of hydrogen-bond donors (Lipinski definition) is 1. The summed E-state index contributed by atoms with van der Waals surface area (Å²) in [4.78, 5) is 0. The molecule has 90 valence electrons. The second-order valence-electron chi connectivity index (χ2n) is 4.46. The van der Waals surface area contributed by atoms with Crippen LogP contribution in [0.5, 0.6) is 0 Å². The molecule has 1 aromatic carbocycles. The standard InChI is InChI=1S/C12H19NO2S/c1-8(2)10-6-5-7-11(9(3)4)12(10)13-16(14)15/h5-9,13H,1-4H3,(H,14,15)/p-1. The molecule has 16 heavy (non-hydrogen) atoms. The summed E-state index contributed by atoms with van der Waals surface area (Å²) in [6.07, 6.45) is 0. The lowest BCUT2D eigenvalue weighted by Crippen LogP contribution is -2.09. The molecule has 1 atom stereocenters. The molecule has 0 amide bonds. The minimum Gasteiger partial charge on any atom is -0.755 e. The van der Waals surface area contributed by atoms with Gasteiger partial charge in [0.1, 0.15) is 0 Å². The van der Waals surface area contributed by atoms with E-state index in [9.17, 15) is 8.76 Å². The predicted molar refractivity (Wildman–Crippen MR) is 67.2 cm³/mol. The van der Waals surface area contributed by atoms with Gasteiger partial charge in [-0.25, -0.2) is 0 Å². The Labute approximate surface area is 99.7 Å². The lowest BCUT2D eigenvalue weighted by Gasteiger charge is -2.21. The normalized spacial score (nSPS) is 13.2. The molecule has 0 saturated heterocycles. The molecule has 3 nitrogen and oxygen atoms in total. The smallest absolute Gasteiger partial charge is 0.0521 e. The molecule has 0 aromatic heterocycles. The van der Waals surface area contributed by atoms with E-state index in [4.69, 9.17) is 0 Å². The highest BCUT2D eigenvalue weighted by molar-refractivity contribution is 7.80. The van der Waals surface area contributed by atoms with Crippen LogP contribution in [0.2, 0.25) is 0 Å². The Bertz CT molecular complexity index is 362. The highest BCUT2D eigenvalue weighted by atomic mass is 32.2. The molecule has 0 aliphatic carbocycles. The van der Waals surface area contributed by atoms with Crippen molar-refractivity contribution in [2.75, 3.05) is 4.72 Å². The molecule has 4 heteroatoms. The first kappa shape index (κ1) is 13.2. The van der Waals surface area contributed by atoms with Crippen molar-refractivity contribution in [3.63, 3.8) is 0 Å². The van der Waals surface area contributed by atoms with Crippen molar-refractivity contribution in [2.24, 2.45) is 0 Å². The summed E-state index contributed by atoms with van der Waals surface area (Å²) < 4.78 is 24.1. The molecule has 0 radical (unpaired) electrons. The van der Waals surface area contributed by atoms with Crippen molar-refractivity contribution in [1.82, 2.24) is 0 Å². The van der Waals surface area contributed by atoms with Gasteiger partial charge in [0, 0.05) is 11.3 Å². The molecule has 0 aliphatic rings. The maximum absolute atomic E-state index is 10.8. The fourth-order valence-electron chi connectivity index (χ4n) is 1.75. The largest absolute Gasteiger partial charge is 0.755 e. The van der Waals surface area contributed by atoms with E-state index in [0.717, 1.165) is 16.8 Å². The van der Waals surface area contributed by atoms with Crippen LogP contribution in [0, 0.1) is 0 Å². The van der Waals surface area contributed by atoms with Crippen molar-refractivity contribution >= 4 is 17.0 Å². The van der Waals surface area contributed by atoms with Crippen LogP contribution in [0.25, 0.3) is 0 Å². The average molecular weight is 240 g/mol. The Morgan fingerprint density at radius 2 is 1.56 bits per heavy atom. The molecule has 1 rings (SSSR count). The third kappa shape index (κ3) is 3.06. The number of nitrogens with one attached hydrogen (secondary N) is 1. The Morgan fingerprint density at radius 1 is 1.12 bits per heavy atom. The molecule has 0 saturated carbocycles. The zero-order valence-electron chi connectivity index (χ0n) is 10.1. The minimum absolute atomic E-state index is 0.296. The zero-order valence-corrected chi connectivity index (χ0v) is 10.9. The maximum atomic E-state index is 10.8. The van der Waals surface area contributed by atoms with Crippen LogP contribution in [0.15, 0.2) is 18.2 Å². The van der Waals surface area contributed by atoms with E-state index in [1.807, 2.05) is 18.2 Å². The van der Waals surface area contributed by atoms with Crippen LogP contribution in [0.1, 0.15) is 50.7 Å². The van der Waals surface area contributed by atoms with E-state index in [1.54, 1.807) is 0 Å². The fraction of sp³-hybridized carbons (Fsp3) is 0.500. The quantitative estimate of drug-likeness (QED) is 0.822. The number of anilines is 1. The van der Waals surface area contributed by atoms with Crippen LogP contribution < -0.4 is 4.72 Å². The average Bonchev–Trinajstić information content (AvgIpc) is 2.16. The van der Waals surface area contributed by atoms with Crippen molar-refractivity contribution in [2.45, 2.75) is 39.5 Å². The molecule has 1 N–H and O–H groups in total. The second kappa shape index (κ2) is 5.46. The summed E-state index contributed by atoms with van der Waals surface area (Å²) in [5.41, 5.74) is 2.81. The van der Waals surface area contributed by atoms with Gasteiger partial charge in [0.15, 0.2) is 0 Å². The molecule has 1 aromatic rings. The van der Waals surface area contributed by atoms with E-state index in [-0.39, 0.29) is 0 Å². The molecule has 0 spiro atoms. The van der Waals surface area contributed by atoms with Crippen molar-refractivity contribution in [3.05, 3.63) is 29.3 Å². The molecular weight excluding hydrogens is 222 g/mol. The first-order valence-electron chi connectivity index (χ1n) is 5.42. The summed E-state index contributed by atoms with van der Waals surface area (Å²) in [5, 5.41) is 0. The van der Waals surface area contributed by atoms with Crippen LogP contribution in [-0.4, -0.2) is 8.76 Å². The van der Waals surface area contributed by atoms with Crippen LogP contribution in [0.3, 0.4) is 0 Å². The Hall–Kier alpha value is -0.870. The Morgan fingerprint density at radius 3 is 1.88 bits per heavy atom. The van der Waals surface area contributed by atoms with Gasteiger partial charge in [-0.2, -0.15) is 0 Å². The van der Waals surface area contributed by atoms with Gasteiger partial charge in [0.25, 0.3) is 0 Å². The van der Waals surface area contributed by atoms with Gasteiger partial charge >= 0.3 is 0 Å². The van der Waals surface area contributed by atoms with Crippen LogP contribution in [-0.2, 0) is 11.3 Å². The second-order valence-corrected chi connectivity index (χ2v) is 5.13. The van der Waals surface area contributed by atoms with Gasteiger partial charge in [-0.3, -0.25) is 4.21 Å². The Kier molecular flexibility index (Phi) is 4.50. The zero-order chi connectivity index (χ0) is 12.3. The van der Waals surface area contributed by atoms with Gasteiger partial charge in [-0.05, 0) is 23.0 Å². The minimum atomic E-state index is -2.27. The number of benzene rings is 1. The maximum Gasteiger partial charge on any atom is 0.0521 e. The molecule has 0 fully saturated rings. The highest BCUT2D eigenvalue weighted by Crippen LogP contribution is 2.32. The summed E-state index contributed by atoms with van der Waals surface area (Å²) in [6, 6.07) is 5.90. The van der Waals surface area contributed by atoms with E-state index < -0.39 is 11.3 Å². The van der Waals surface area contributed by atoms with Gasteiger partial charge in [-0.15, -0.1) is 0 Å². The van der Waals surface area contributed by atoms with Crippen LogP contribution in [0.4, 0.5) is 5.69 Å². The summed E-state index contributed by atoms with van der Waals surface area (Å²) in [5.74, 6) is 0.592. The van der Waals surface area contributed by atoms with E-state index in [1.165, 1.54) is 0 Å². The number of hydrogen-bond acceptors (Lipinski definition) is 2. The van der Waals surface area contributed by atoms with Crippen LogP contribution >= 0.6 is 0 Å². The third-order valence-corrected chi connectivity index (χ3v) is 2.93. The number of rotatable bonds is 4. The predicted octanol–water partition coefficient (Wildman–Crippen LogP) is 3.14. The molecule has 1 unspecified atom stereocenters. The topological polar surface area (TPSA) is 52.2 Å². The summed E-state index contributed by atoms with van der Waals surface area (Å²) in [7, 11) is 0. The molecule has 0 aliphatic heterocycles. The first-order chi connectivity index (χ1) is 7.43. The first-order valence-corrected chi connectivity index (χ1v) is 6.49. The van der Waals surface area contributed by atoms with E-state index in [2.05, 4.69) is 32.4 Å². The van der Waals surface area contributed by atoms with E-state index in [0.29, 0.717) is 11.8 Å². The SMILES string of the molecule is CC(C)c1cccc(C(C)C)c1NS(=O)[O-].